The van der Waals surface area contributed by atoms with Gasteiger partial charge in [-0.25, -0.2) is 0 Å². The molecule has 1 aromatic carbocycles. The lowest BCUT2D eigenvalue weighted by Crippen LogP contribution is -2.19. The second-order valence-corrected chi connectivity index (χ2v) is 5.66. The first-order valence-electron chi connectivity index (χ1n) is 5.50. The van der Waals surface area contributed by atoms with Crippen molar-refractivity contribution in [1.29, 1.82) is 0 Å². The Morgan fingerprint density at radius 2 is 2.06 bits per heavy atom. The van der Waals surface area contributed by atoms with Gasteiger partial charge in [0.05, 0.1) is 19.2 Å². The molecular weight excluding hydrogens is 274 g/mol. The van der Waals surface area contributed by atoms with E-state index in [2.05, 4.69) is 5.32 Å². The minimum Gasteiger partial charge on any atom is -0.493 e. The quantitative estimate of drug-likeness (QED) is 0.779. The number of halogens is 1. The molecule has 0 fully saturated rings. The number of hydrogen-bond acceptors (Lipinski definition) is 4. The Morgan fingerprint density at radius 1 is 1.33 bits per heavy atom. The van der Waals surface area contributed by atoms with Gasteiger partial charge in [0, 0.05) is 35.9 Å². The van der Waals surface area contributed by atoms with Gasteiger partial charge < -0.3 is 14.8 Å². The molecule has 6 heteroatoms. The van der Waals surface area contributed by atoms with Crippen LogP contribution in [0.15, 0.2) is 12.1 Å². The van der Waals surface area contributed by atoms with Crippen LogP contribution in [-0.4, -0.2) is 37.0 Å². The van der Waals surface area contributed by atoms with Crippen LogP contribution >= 0.6 is 11.6 Å². The largest absolute Gasteiger partial charge is 0.493 e. The maximum absolute atomic E-state index is 10.9. The van der Waals surface area contributed by atoms with Gasteiger partial charge in [-0.05, 0) is 11.6 Å². The van der Waals surface area contributed by atoms with E-state index in [0.717, 1.165) is 5.56 Å². The summed E-state index contributed by atoms with van der Waals surface area (Å²) in [4.78, 5) is 0. The molecule has 1 unspecified atom stereocenters. The molecule has 1 rings (SSSR count). The average Bonchev–Trinajstić information content (AvgIpc) is 2.35. The molecule has 1 N–H and O–H groups in total. The summed E-state index contributed by atoms with van der Waals surface area (Å²) in [5, 5.41) is 3.73. The predicted octanol–water partition coefficient (Wildman–Crippen LogP) is 1.83. The van der Waals surface area contributed by atoms with E-state index in [0.29, 0.717) is 35.4 Å². The zero-order valence-electron chi connectivity index (χ0n) is 10.8. The van der Waals surface area contributed by atoms with Crippen molar-refractivity contribution in [3.8, 4) is 11.5 Å². The molecule has 1 aromatic rings. The molecule has 0 saturated carbocycles. The molecule has 102 valence electrons. The van der Waals surface area contributed by atoms with Crippen molar-refractivity contribution in [2.75, 3.05) is 32.8 Å². The van der Waals surface area contributed by atoms with E-state index in [-0.39, 0.29) is 0 Å². The van der Waals surface area contributed by atoms with E-state index in [1.807, 2.05) is 12.1 Å². The standard InChI is InChI=1S/C12H18ClNO3S/c1-16-10-5-4-9(11(13)12(10)17-2)8-14-6-7-18(3)15/h4-5,14H,6-8H2,1-3H3. The second kappa shape index (κ2) is 7.61. The van der Waals surface area contributed by atoms with Crippen LogP contribution in [0.4, 0.5) is 0 Å². The maximum Gasteiger partial charge on any atom is 0.179 e. The van der Waals surface area contributed by atoms with E-state index in [4.69, 9.17) is 21.1 Å². The predicted molar refractivity (Wildman–Crippen MR) is 75.2 cm³/mol. The molecule has 18 heavy (non-hydrogen) atoms. The lowest BCUT2D eigenvalue weighted by Gasteiger charge is -2.13. The number of rotatable bonds is 7. The van der Waals surface area contributed by atoms with Gasteiger partial charge in [0.1, 0.15) is 0 Å². The molecule has 0 heterocycles. The fourth-order valence-corrected chi connectivity index (χ4v) is 2.24. The van der Waals surface area contributed by atoms with Gasteiger partial charge in [-0.15, -0.1) is 0 Å². The Bertz CT molecular complexity index is 426. The van der Waals surface area contributed by atoms with Crippen LogP contribution in [0.5, 0.6) is 11.5 Å². The van der Waals surface area contributed by atoms with Crippen LogP contribution in [-0.2, 0) is 17.3 Å². The normalized spacial score (nSPS) is 12.2. The molecule has 0 radical (unpaired) electrons. The summed E-state index contributed by atoms with van der Waals surface area (Å²) in [5.74, 6) is 1.78. The summed E-state index contributed by atoms with van der Waals surface area (Å²) < 4.78 is 21.3. The number of hydrogen-bond donors (Lipinski definition) is 1. The molecule has 0 spiro atoms. The first kappa shape index (κ1) is 15.3. The summed E-state index contributed by atoms with van der Waals surface area (Å²) in [6.45, 7) is 1.30. The van der Waals surface area contributed by atoms with Crippen LogP contribution in [0.3, 0.4) is 0 Å². The van der Waals surface area contributed by atoms with E-state index in [1.165, 1.54) is 0 Å². The third-order valence-electron chi connectivity index (χ3n) is 2.45. The summed E-state index contributed by atoms with van der Waals surface area (Å²) in [7, 11) is 2.35. The lowest BCUT2D eigenvalue weighted by molar-refractivity contribution is 0.354. The average molecular weight is 292 g/mol. The van der Waals surface area contributed by atoms with Gasteiger partial charge >= 0.3 is 0 Å². The van der Waals surface area contributed by atoms with Crippen molar-refractivity contribution in [1.82, 2.24) is 5.32 Å². The molecular formula is C12H18ClNO3S. The van der Waals surface area contributed by atoms with E-state index >= 15 is 0 Å². The SMILES string of the molecule is COc1ccc(CNCCS(C)=O)c(Cl)c1OC. The van der Waals surface area contributed by atoms with Crippen molar-refractivity contribution in [2.45, 2.75) is 6.54 Å². The van der Waals surface area contributed by atoms with Gasteiger partial charge in [0.2, 0.25) is 0 Å². The highest BCUT2D eigenvalue weighted by Crippen LogP contribution is 2.37. The van der Waals surface area contributed by atoms with Crippen LogP contribution in [0.1, 0.15) is 5.56 Å². The summed E-state index contributed by atoms with van der Waals surface area (Å²) in [6, 6.07) is 3.71. The van der Waals surface area contributed by atoms with Crippen LogP contribution in [0, 0.1) is 0 Å². The molecule has 0 bridgehead atoms. The second-order valence-electron chi connectivity index (χ2n) is 3.73. The maximum atomic E-state index is 10.9. The smallest absolute Gasteiger partial charge is 0.179 e. The Kier molecular flexibility index (Phi) is 6.46. The van der Waals surface area contributed by atoms with Gasteiger partial charge in [0.15, 0.2) is 11.5 Å². The zero-order chi connectivity index (χ0) is 13.5. The molecule has 0 aromatic heterocycles. The Morgan fingerprint density at radius 3 is 2.61 bits per heavy atom. The van der Waals surface area contributed by atoms with E-state index < -0.39 is 10.8 Å². The van der Waals surface area contributed by atoms with Crippen LogP contribution in [0.25, 0.3) is 0 Å². The van der Waals surface area contributed by atoms with E-state index in [9.17, 15) is 4.21 Å². The highest BCUT2D eigenvalue weighted by Gasteiger charge is 2.12. The first-order chi connectivity index (χ1) is 8.60. The molecule has 4 nitrogen and oxygen atoms in total. The summed E-state index contributed by atoms with van der Waals surface area (Å²) >= 11 is 6.23. The van der Waals surface area contributed by atoms with Crippen molar-refractivity contribution < 1.29 is 13.7 Å². The van der Waals surface area contributed by atoms with Gasteiger partial charge in [-0.2, -0.15) is 0 Å². The molecule has 0 aliphatic carbocycles. The highest BCUT2D eigenvalue weighted by molar-refractivity contribution is 7.84. The molecule has 0 saturated heterocycles. The number of nitrogens with one attached hydrogen (secondary N) is 1. The van der Waals surface area contributed by atoms with Crippen molar-refractivity contribution >= 4 is 22.4 Å². The van der Waals surface area contributed by atoms with Crippen molar-refractivity contribution in [2.24, 2.45) is 0 Å². The number of benzene rings is 1. The Balaban J connectivity index is 2.69. The molecule has 0 aliphatic rings. The molecule has 1 atom stereocenters. The highest BCUT2D eigenvalue weighted by atomic mass is 35.5. The van der Waals surface area contributed by atoms with Crippen LogP contribution in [0.2, 0.25) is 5.02 Å². The third-order valence-corrected chi connectivity index (χ3v) is 3.64. The Hall–Kier alpha value is -0.780. The fourth-order valence-electron chi connectivity index (χ4n) is 1.51. The summed E-state index contributed by atoms with van der Waals surface area (Å²) in [5.41, 5.74) is 0.927. The third kappa shape index (κ3) is 4.15. The van der Waals surface area contributed by atoms with Crippen molar-refractivity contribution in [3.05, 3.63) is 22.7 Å². The van der Waals surface area contributed by atoms with Crippen molar-refractivity contribution in [3.63, 3.8) is 0 Å². The number of ether oxygens (including phenoxy) is 2. The first-order valence-corrected chi connectivity index (χ1v) is 7.60. The van der Waals surface area contributed by atoms with Gasteiger partial charge in [-0.1, -0.05) is 17.7 Å². The van der Waals surface area contributed by atoms with Gasteiger partial charge in [0.25, 0.3) is 0 Å². The zero-order valence-corrected chi connectivity index (χ0v) is 12.4. The molecule has 0 amide bonds. The summed E-state index contributed by atoms with van der Waals surface area (Å²) in [6.07, 6.45) is 1.69. The van der Waals surface area contributed by atoms with Gasteiger partial charge in [-0.3, -0.25) is 4.21 Å². The minimum absolute atomic E-state index is 0.539. The number of methoxy groups -OCH3 is 2. The Labute approximate surface area is 115 Å². The topological polar surface area (TPSA) is 47.6 Å². The fraction of sp³-hybridized carbons (Fsp3) is 0.500. The van der Waals surface area contributed by atoms with E-state index in [1.54, 1.807) is 20.5 Å². The lowest BCUT2D eigenvalue weighted by atomic mass is 10.2. The minimum atomic E-state index is -0.780. The molecule has 0 aliphatic heterocycles. The monoisotopic (exact) mass is 291 g/mol. The van der Waals surface area contributed by atoms with Crippen LogP contribution < -0.4 is 14.8 Å².